The maximum Gasteiger partial charge on any atom is 0.261 e. The first-order chi connectivity index (χ1) is 10.0. The number of carbonyl (C=O) groups excluding carboxylic acids is 1. The van der Waals surface area contributed by atoms with Crippen molar-refractivity contribution in [2.45, 2.75) is 13.3 Å². The van der Waals surface area contributed by atoms with E-state index >= 15 is 0 Å². The quantitative estimate of drug-likeness (QED) is 0.864. The Morgan fingerprint density at radius 3 is 2.67 bits per heavy atom. The highest BCUT2D eigenvalue weighted by Gasteiger charge is 2.21. The van der Waals surface area contributed by atoms with Gasteiger partial charge >= 0.3 is 0 Å². The van der Waals surface area contributed by atoms with Crippen molar-refractivity contribution >= 4 is 28.9 Å². The third-order valence-corrected chi connectivity index (χ3v) is 3.35. The molecule has 0 unspecified atom stereocenters. The van der Waals surface area contributed by atoms with Crippen molar-refractivity contribution in [1.29, 1.82) is 0 Å². The summed E-state index contributed by atoms with van der Waals surface area (Å²) in [7, 11) is 0. The molecule has 0 aliphatic rings. The molecule has 2 aromatic carbocycles. The summed E-state index contributed by atoms with van der Waals surface area (Å²) in [4.78, 5) is 14.1. The number of halogens is 2. The Kier molecular flexibility index (Phi) is 4.81. The van der Waals surface area contributed by atoms with Crippen LogP contribution in [0.15, 0.2) is 42.5 Å². The fraction of sp³-hybridized carbons (Fsp3) is 0.188. The standard InChI is InChI=1S/C16H16ClFN2O/c1-2-9-20(12-6-3-5-11(19)10-12)16(21)13-7-4-8-14(17)15(13)18/h3-8,10H,2,9,19H2,1H3. The van der Waals surface area contributed by atoms with E-state index < -0.39 is 11.7 Å². The lowest BCUT2D eigenvalue weighted by Crippen LogP contribution is -2.32. The Morgan fingerprint density at radius 1 is 1.29 bits per heavy atom. The molecule has 2 N–H and O–H groups in total. The number of amides is 1. The van der Waals surface area contributed by atoms with E-state index in [0.29, 0.717) is 17.9 Å². The first-order valence-electron chi connectivity index (χ1n) is 6.66. The van der Waals surface area contributed by atoms with E-state index in [-0.39, 0.29) is 10.6 Å². The minimum absolute atomic E-state index is 0.0432. The maximum atomic E-state index is 14.0. The third-order valence-electron chi connectivity index (χ3n) is 3.06. The molecule has 5 heteroatoms. The fourth-order valence-electron chi connectivity index (χ4n) is 2.08. The topological polar surface area (TPSA) is 46.3 Å². The van der Waals surface area contributed by atoms with Gasteiger partial charge in [0, 0.05) is 17.9 Å². The number of carbonyl (C=O) groups is 1. The molecular formula is C16H16ClFN2O. The Hall–Kier alpha value is -2.07. The van der Waals surface area contributed by atoms with E-state index in [1.807, 2.05) is 6.92 Å². The molecule has 0 fully saturated rings. The van der Waals surface area contributed by atoms with Crippen molar-refractivity contribution in [3.8, 4) is 0 Å². The van der Waals surface area contributed by atoms with Gasteiger partial charge in [0.05, 0.1) is 10.6 Å². The summed E-state index contributed by atoms with van der Waals surface area (Å²) in [6, 6.07) is 11.4. The molecular weight excluding hydrogens is 291 g/mol. The van der Waals surface area contributed by atoms with Crippen molar-refractivity contribution in [3.63, 3.8) is 0 Å². The summed E-state index contributed by atoms with van der Waals surface area (Å²) in [6.45, 7) is 2.41. The number of hydrogen-bond donors (Lipinski definition) is 1. The molecule has 3 nitrogen and oxygen atoms in total. The first kappa shape index (κ1) is 15.3. The summed E-state index contributed by atoms with van der Waals surface area (Å²) in [5, 5.41) is -0.0649. The second kappa shape index (κ2) is 6.59. The molecule has 0 atom stereocenters. The highest BCUT2D eigenvalue weighted by molar-refractivity contribution is 6.31. The summed E-state index contributed by atoms with van der Waals surface area (Å²) < 4.78 is 14.0. The van der Waals surface area contributed by atoms with Gasteiger partial charge in [0.1, 0.15) is 0 Å². The highest BCUT2D eigenvalue weighted by atomic mass is 35.5. The van der Waals surface area contributed by atoms with Gasteiger partial charge in [-0.3, -0.25) is 4.79 Å². The smallest absolute Gasteiger partial charge is 0.261 e. The molecule has 0 aliphatic heterocycles. The van der Waals surface area contributed by atoms with Crippen LogP contribution in [0.2, 0.25) is 5.02 Å². The molecule has 0 spiro atoms. The van der Waals surface area contributed by atoms with Crippen LogP contribution < -0.4 is 10.6 Å². The largest absolute Gasteiger partial charge is 0.399 e. The van der Waals surface area contributed by atoms with Crippen molar-refractivity contribution in [1.82, 2.24) is 0 Å². The van der Waals surface area contributed by atoms with Crippen LogP contribution in [0, 0.1) is 5.82 Å². The van der Waals surface area contributed by atoms with Crippen LogP contribution in [-0.4, -0.2) is 12.5 Å². The Balaban J connectivity index is 2.42. The molecule has 2 rings (SSSR count). The van der Waals surface area contributed by atoms with Gasteiger partial charge in [-0.15, -0.1) is 0 Å². The van der Waals surface area contributed by atoms with Gasteiger partial charge in [-0.25, -0.2) is 4.39 Å². The summed E-state index contributed by atoms with van der Waals surface area (Å²) >= 11 is 5.75. The van der Waals surface area contributed by atoms with Crippen LogP contribution in [0.5, 0.6) is 0 Å². The molecule has 0 aliphatic carbocycles. The van der Waals surface area contributed by atoms with Gasteiger partial charge in [0.15, 0.2) is 5.82 Å². The molecule has 0 saturated carbocycles. The van der Waals surface area contributed by atoms with E-state index in [0.717, 1.165) is 6.42 Å². The van der Waals surface area contributed by atoms with Crippen molar-refractivity contribution < 1.29 is 9.18 Å². The molecule has 21 heavy (non-hydrogen) atoms. The molecule has 0 aromatic heterocycles. The fourth-order valence-corrected chi connectivity index (χ4v) is 2.25. The number of rotatable bonds is 4. The van der Waals surface area contributed by atoms with Crippen molar-refractivity contribution in [3.05, 3.63) is 58.9 Å². The predicted molar refractivity (Wildman–Crippen MR) is 84.2 cm³/mol. The van der Waals surface area contributed by atoms with Gasteiger partial charge in [0.2, 0.25) is 0 Å². The molecule has 0 bridgehead atoms. The number of nitrogen functional groups attached to an aromatic ring is 1. The molecule has 1 amide bonds. The van der Waals surface area contributed by atoms with E-state index in [9.17, 15) is 9.18 Å². The molecule has 0 radical (unpaired) electrons. The van der Waals surface area contributed by atoms with Crippen molar-refractivity contribution in [2.75, 3.05) is 17.2 Å². The van der Waals surface area contributed by atoms with Gasteiger partial charge in [-0.1, -0.05) is 30.7 Å². The average Bonchev–Trinajstić information content (AvgIpc) is 2.47. The zero-order valence-electron chi connectivity index (χ0n) is 11.6. The lowest BCUT2D eigenvalue weighted by Gasteiger charge is -2.23. The first-order valence-corrected chi connectivity index (χ1v) is 7.03. The Labute approximate surface area is 128 Å². The lowest BCUT2D eigenvalue weighted by molar-refractivity contribution is 0.0983. The van der Waals surface area contributed by atoms with Gasteiger partial charge in [-0.05, 0) is 36.8 Å². The van der Waals surface area contributed by atoms with E-state index in [1.165, 1.54) is 17.0 Å². The summed E-state index contributed by atoms with van der Waals surface area (Å²) in [6.07, 6.45) is 0.739. The number of hydrogen-bond acceptors (Lipinski definition) is 2. The number of benzene rings is 2. The molecule has 110 valence electrons. The zero-order chi connectivity index (χ0) is 15.4. The van der Waals surface area contributed by atoms with Crippen LogP contribution >= 0.6 is 11.6 Å². The number of nitrogens with zero attached hydrogens (tertiary/aromatic N) is 1. The van der Waals surface area contributed by atoms with Crippen LogP contribution in [0.3, 0.4) is 0 Å². The monoisotopic (exact) mass is 306 g/mol. The minimum atomic E-state index is -0.700. The second-order valence-electron chi connectivity index (χ2n) is 4.65. The lowest BCUT2D eigenvalue weighted by atomic mass is 10.1. The van der Waals surface area contributed by atoms with Crippen molar-refractivity contribution in [2.24, 2.45) is 0 Å². The summed E-state index contributed by atoms with van der Waals surface area (Å²) in [5.74, 6) is -1.13. The van der Waals surface area contributed by atoms with Gasteiger partial charge < -0.3 is 10.6 Å². The van der Waals surface area contributed by atoms with Crippen LogP contribution in [-0.2, 0) is 0 Å². The average molecular weight is 307 g/mol. The second-order valence-corrected chi connectivity index (χ2v) is 5.06. The van der Waals surface area contributed by atoms with Gasteiger partial charge in [0.25, 0.3) is 5.91 Å². The molecule has 0 heterocycles. The van der Waals surface area contributed by atoms with E-state index in [1.54, 1.807) is 30.3 Å². The summed E-state index contributed by atoms with van der Waals surface area (Å²) in [5.41, 5.74) is 6.90. The zero-order valence-corrected chi connectivity index (χ0v) is 12.4. The Morgan fingerprint density at radius 2 is 2.00 bits per heavy atom. The normalized spacial score (nSPS) is 10.4. The SMILES string of the molecule is CCCN(C(=O)c1cccc(Cl)c1F)c1cccc(N)c1. The highest BCUT2D eigenvalue weighted by Crippen LogP contribution is 2.24. The minimum Gasteiger partial charge on any atom is -0.399 e. The molecule has 0 saturated heterocycles. The molecule has 2 aromatic rings. The predicted octanol–water partition coefficient (Wildman–Crippen LogP) is 4.12. The van der Waals surface area contributed by atoms with Gasteiger partial charge in [-0.2, -0.15) is 0 Å². The number of anilines is 2. The van der Waals surface area contributed by atoms with E-state index in [4.69, 9.17) is 17.3 Å². The van der Waals surface area contributed by atoms with Crippen LogP contribution in [0.4, 0.5) is 15.8 Å². The Bertz CT molecular complexity index is 660. The third kappa shape index (κ3) is 3.34. The van der Waals surface area contributed by atoms with Crippen LogP contribution in [0.1, 0.15) is 23.7 Å². The maximum absolute atomic E-state index is 14.0. The van der Waals surface area contributed by atoms with Crippen LogP contribution in [0.25, 0.3) is 0 Å². The van der Waals surface area contributed by atoms with E-state index in [2.05, 4.69) is 0 Å². The number of nitrogens with two attached hydrogens (primary N) is 1.